The summed E-state index contributed by atoms with van der Waals surface area (Å²) in [6.45, 7) is 0. The Morgan fingerprint density at radius 3 is 2.11 bits per heavy atom. The number of para-hydroxylation sites is 1. The number of rotatable bonds is 2. The van der Waals surface area contributed by atoms with Gasteiger partial charge in [-0.05, 0) is 30.4 Å². The van der Waals surface area contributed by atoms with E-state index in [-0.39, 0.29) is 35.5 Å². The van der Waals surface area contributed by atoms with Crippen molar-refractivity contribution in [1.82, 2.24) is 5.01 Å². The summed E-state index contributed by atoms with van der Waals surface area (Å²) in [7, 11) is 0. The molecule has 4 nitrogen and oxygen atoms in total. The maximum Gasteiger partial charge on any atom is 0.252 e. The Bertz CT molecular complexity index is 551. The normalized spacial score (nSPS) is 35.1. The molecule has 2 bridgehead atoms. The summed E-state index contributed by atoms with van der Waals surface area (Å²) in [5, 5.41) is 1.22. The Morgan fingerprint density at radius 2 is 1.53 bits per heavy atom. The molecule has 19 heavy (non-hydrogen) atoms. The van der Waals surface area contributed by atoms with Crippen LogP contribution in [-0.2, 0) is 9.59 Å². The summed E-state index contributed by atoms with van der Waals surface area (Å²) in [5.41, 5.74) is 3.71. The van der Waals surface area contributed by atoms with Gasteiger partial charge in [0.15, 0.2) is 0 Å². The van der Waals surface area contributed by atoms with E-state index in [1.165, 1.54) is 5.01 Å². The largest absolute Gasteiger partial charge is 0.289 e. The number of hydrazine groups is 1. The third-order valence-corrected chi connectivity index (χ3v) is 4.49. The molecular formula is C15H14N2O2. The van der Waals surface area contributed by atoms with Crippen molar-refractivity contribution in [3.63, 3.8) is 0 Å². The van der Waals surface area contributed by atoms with Gasteiger partial charge >= 0.3 is 0 Å². The molecule has 0 spiro atoms. The standard InChI is InChI=1S/C15H14N2O2/c18-14-12-9-6-7-10(8-9)13(12)15(19)17(14)16-11-4-2-1-3-5-11/h1-7,9-10,12-13,16H,8H2/t9-,10+,12-,13-/m0/s1. The fourth-order valence-corrected chi connectivity index (χ4v) is 3.65. The quantitative estimate of drug-likeness (QED) is 0.647. The zero-order chi connectivity index (χ0) is 13.0. The molecule has 3 aliphatic rings. The van der Waals surface area contributed by atoms with Crippen LogP contribution in [0.2, 0.25) is 0 Å². The molecule has 1 N–H and O–H groups in total. The predicted molar refractivity (Wildman–Crippen MR) is 69.6 cm³/mol. The lowest BCUT2D eigenvalue weighted by Gasteiger charge is -2.19. The SMILES string of the molecule is O=C1[C@@H]2[C@@H](C(=O)N1Nc1ccccc1)[C@H]1C=C[C@@H]2C1. The third kappa shape index (κ3) is 1.40. The Kier molecular flexibility index (Phi) is 2.10. The van der Waals surface area contributed by atoms with Crippen molar-refractivity contribution >= 4 is 17.5 Å². The van der Waals surface area contributed by atoms with Crippen LogP contribution < -0.4 is 5.43 Å². The van der Waals surface area contributed by atoms with Crippen molar-refractivity contribution in [2.24, 2.45) is 23.7 Å². The van der Waals surface area contributed by atoms with Crippen LogP contribution in [0.4, 0.5) is 5.69 Å². The number of amides is 2. The number of hydrogen-bond acceptors (Lipinski definition) is 3. The Morgan fingerprint density at radius 1 is 0.947 bits per heavy atom. The maximum absolute atomic E-state index is 12.4. The number of nitrogens with one attached hydrogen (secondary N) is 1. The Balaban J connectivity index is 1.62. The van der Waals surface area contributed by atoms with Crippen LogP contribution in [-0.4, -0.2) is 16.8 Å². The minimum Gasteiger partial charge on any atom is -0.289 e. The summed E-state index contributed by atoms with van der Waals surface area (Å²) in [5.74, 6) is 0.0897. The van der Waals surface area contributed by atoms with Gasteiger partial charge in [-0.25, -0.2) is 0 Å². The van der Waals surface area contributed by atoms with Gasteiger partial charge in [-0.15, -0.1) is 0 Å². The molecule has 1 saturated heterocycles. The number of fused-ring (bicyclic) bond motifs is 5. The van der Waals surface area contributed by atoms with Gasteiger partial charge in [0.2, 0.25) is 0 Å². The van der Waals surface area contributed by atoms with E-state index in [1.807, 2.05) is 30.3 Å². The fraction of sp³-hybridized carbons (Fsp3) is 0.333. The average molecular weight is 254 g/mol. The van der Waals surface area contributed by atoms with Crippen LogP contribution in [0.3, 0.4) is 0 Å². The molecule has 4 heteroatoms. The zero-order valence-corrected chi connectivity index (χ0v) is 10.3. The molecule has 96 valence electrons. The number of anilines is 1. The highest BCUT2D eigenvalue weighted by Crippen LogP contribution is 2.52. The smallest absolute Gasteiger partial charge is 0.252 e. The van der Waals surface area contributed by atoms with Crippen LogP contribution >= 0.6 is 0 Å². The lowest BCUT2D eigenvalue weighted by atomic mass is 9.85. The summed E-state index contributed by atoms with van der Waals surface area (Å²) in [6, 6.07) is 9.35. The van der Waals surface area contributed by atoms with Gasteiger partial charge in [0.05, 0.1) is 17.5 Å². The van der Waals surface area contributed by atoms with Crippen molar-refractivity contribution in [2.75, 3.05) is 5.43 Å². The number of carbonyl (C=O) groups excluding carboxylic acids is 2. The maximum atomic E-state index is 12.4. The van der Waals surface area contributed by atoms with Gasteiger partial charge in [0.1, 0.15) is 0 Å². The van der Waals surface area contributed by atoms with Crippen LogP contribution in [0.1, 0.15) is 6.42 Å². The molecule has 1 aromatic rings. The van der Waals surface area contributed by atoms with Crippen molar-refractivity contribution < 1.29 is 9.59 Å². The highest BCUT2D eigenvalue weighted by Gasteiger charge is 2.59. The minimum atomic E-state index is -0.140. The van der Waals surface area contributed by atoms with Crippen molar-refractivity contribution in [1.29, 1.82) is 0 Å². The van der Waals surface area contributed by atoms with E-state index in [2.05, 4.69) is 17.6 Å². The van der Waals surface area contributed by atoms with E-state index < -0.39 is 0 Å². The summed E-state index contributed by atoms with van der Waals surface area (Å²) >= 11 is 0. The molecule has 0 radical (unpaired) electrons. The molecule has 4 rings (SSSR count). The third-order valence-electron chi connectivity index (χ3n) is 4.49. The van der Waals surface area contributed by atoms with E-state index in [0.717, 1.165) is 12.1 Å². The minimum absolute atomic E-state index is 0.0734. The van der Waals surface area contributed by atoms with E-state index in [4.69, 9.17) is 0 Å². The molecule has 0 aromatic heterocycles. The molecule has 2 amide bonds. The first kappa shape index (κ1) is 10.8. The van der Waals surface area contributed by atoms with Gasteiger partial charge in [0, 0.05) is 0 Å². The van der Waals surface area contributed by atoms with E-state index in [1.54, 1.807) is 0 Å². The first-order valence-electron chi connectivity index (χ1n) is 6.63. The highest BCUT2D eigenvalue weighted by atomic mass is 16.2. The monoisotopic (exact) mass is 254 g/mol. The molecule has 2 aliphatic carbocycles. The summed E-state index contributed by atoms with van der Waals surface area (Å²) in [6.07, 6.45) is 5.16. The molecule has 4 atom stereocenters. The number of benzene rings is 1. The second-order valence-corrected chi connectivity index (χ2v) is 5.49. The molecule has 2 fully saturated rings. The first-order chi connectivity index (χ1) is 9.25. The lowest BCUT2D eigenvalue weighted by molar-refractivity contribution is -0.139. The van der Waals surface area contributed by atoms with Crippen molar-refractivity contribution in [2.45, 2.75) is 6.42 Å². The Hall–Kier alpha value is -2.10. The van der Waals surface area contributed by atoms with Crippen LogP contribution in [0.15, 0.2) is 42.5 Å². The molecule has 0 unspecified atom stereocenters. The van der Waals surface area contributed by atoms with E-state index in [0.29, 0.717) is 0 Å². The van der Waals surface area contributed by atoms with Gasteiger partial charge in [0.25, 0.3) is 11.8 Å². The second-order valence-electron chi connectivity index (χ2n) is 5.49. The first-order valence-corrected chi connectivity index (χ1v) is 6.63. The number of allylic oxidation sites excluding steroid dienone is 2. The van der Waals surface area contributed by atoms with E-state index in [9.17, 15) is 9.59 Å². The fourth-order valence-electron chi connectivity index (χ4n) is 3.65. The van der Waals surface area contributed by atoms with Gasteiger partial charge < -0.3 is 0 Å². The molecule has 1 heterocycles. The van der Waals surface area contributed by atoms with Crippen molar-refractivity contribution in [3.8, 4) is 0 Å². The predicted octanol–water partition coefficient (Wildman–Crippen LogP) is 1.82. The summed E-state index contributed by atoms with van der Waals surface area (Å²) in [4.78, 5) is 24.8. The summed E-state index contributed by atoms with van der Waals surface area (Å²) < 4.78 is 0. The Labute approximate surface area is 111 Å². The number of nitrogens with zero attached hydrogens (tertiary/aromatic N) is 1. The zero-order valence-electron chi connectivity index (χ0n) is 10.3. The molecular weight excluding hydrogens is 240 g/mol. The van der Waals surface area contributed by atoms with E-state index >= 15 is 0 Å². The molecule has 1 aliphatic heterocycles. The molecule has 1 aromatic carbocycles. The number of imide groups is 1. The highest BCUT2D eigenvalue weighted by molar-refractivity contribution is 6.07. The number of hydrogen-bond donors (Lipinski definition) is 1. The second kappa shape index (κ2) is 3.70. The van der Waals surface area contributed by atoms with Gasteiger partial charge in [-0.1, -0.05) is 30.4 Å². The van der Waals surface area contributed by atoms with Gasteiger partial charge in [-0.3, -0.25) is 15.0 Å². The average Bonchev–Trinajstić information content (AvgIpc) is 3.10. The molecule has 1 saturated carbocycles. The topological polar surface area (TPSA) is 49.4 Å². The van der Waals surface area contributed by atoms with Crippen molar-refractivity contribution in [3.05, 3.63) is 42.5 Å². The van der Waals surface area contributed by atoms with Gasteiger partial charge in [-0.2, -0.15) is 5.01 Å². The lowest BCUT2D eigenvalue weighted by Crippen LogP contribution is -2.37. The van der Waals surface area contributed by atoms with Crippen LogP contribution in [0, 0.1) is 23.7 Å². The van der Waals surface area contributed by atoms with Crippen LogP contribution in [0.5, 0.6) is 0 Å². The number of carbonyl (C=O) groups is 2. The van der Waals surface area contributed by atoms with Crippen LogP contribution in [0.25, 0.3) is 0 Å².